The maximum Gasteiger partial charge on any atom is 0.417 e. The number of aromatic nitrogens is 2. The predicted octanol–water partition coefficient (Wildman–Crippen LogP) is 5.04. The predicted molar refractivity (Wildman–Crippen MR) is 126 cm³/mol. The Labute approximate surface area is 209 Å². The summed E-state index contributed by atoms with van der Waals surface area (Å²) in [6.45, 7) is -1.34. The molecular weight excluding hydrogens is 524 g/mol. The van der Waals surface area contributed by atoms with Crippen LogP contribution in [0.2, 0.25) is 0 Å². The minimum Gasteiger partial charge on any atom is -0.467 e. The zero-order valence-corrected chi connectivity index (χ0v) is 19.9. The van der Waals surface area contributed by atoms with Crippen molar-refractivity contribution in [3.05, 3.63) is 41.0 Å². The first kappa shape index (κ1) is 26.2. The highest BCUT2D eigenvalue weighted by Gasteiger charge is 2.38. The van der Waals surface area contributed by atoms with Gasteiger partial charge in [0.25, 0.3) is 0 Å². The molecule has 0 saturated carbocycles. The molecule has 1 unspecified atom stereocenters. The first-order chi connectivity index (χ1) is 17.4. The van der Waals surface area contributed by atoms with Gasteiger partial charge in [-0.05, 0) is 17.7 Å². The van der Waals surface area contributed by atoms with Crippen LogP contribution < -0.4 is 15.4 Å². The van der Waals surface area contributed by atoms with E-state index in [0.29, 0.717) is 17.4 Å². The monoisotopic (exact) mass is 541 g/mol. The molecule has 0 saturated heterocycles. The number of methoxy groups -OCH3 is 1. The molecule has 0 bridgehead atoms. The second kappa shape index (κ2) is 9.56. The molecule has 2 aromatic heterocycles. The quantitative estimate of drug-likeness (QED) is 0.330. The van der Waals surface area contributed by atoms with E-state index in [9.17, 15) is 27.2 Å². The molecule has 194 valence electrons. The fraction of sp³-hybridized carbons (Fsp3) is 0.261. The summed E-state index contributed by atoms with van der Waals surface area (Å²) < 4.78 is 92.3. The number of nitrogens with zero attached hydrogens (tertiary/aromatic N) is 4. The van der Waals surface area contributed by atoms with Crippen LogP contribution in [0, 0.1) is 23.0 Å². The number of aliphatic hydroxyl groups is 1. The van der Waals surface area contributed by atoms with Gasteiger partial charge in [-0.15, -0.1) is 11.3 Å². The fourth-order valence-corrected chi connectivity index (χ4v) is 4.96. The fourth-order valence-electron chi connectivity index (χ4n) is 4.01. The van der Waals surface area contributed by atoms with Crippen molar-refractivity contribution in [2.24, 2.45) is 0 Å². The van der Waals surface area contributed by atoms with Crippen molar-refractivity contribution in [2.75, 3.05) is 37.9 Å². The molecule has 1 atom stereocenters. The molecule has 0 aliphatic rings. The van der Waals surface area contributed by atoms with Crippen molar-refractivity contribution < 1.29 is 36.2 Å². The molecule has 4 rings (SSSR count). The van der Waals surface area contributed by atoms with Gasteiger partial charge in [0.15, 0.2) is 5.82 Å². The average Bonchev–Trinajstić information content (AvgIpc) is 3.20. The number of benzene rings is 2. The Morgan fingerprint density at radius 1 is 1.27 bits per heavy atom. The number of thiophene rings is 1. The third-order valence-electron chi connectivity index (χ3n) is 5.61. The third kappa shape index (κ3) is 4.44. The maximum atomic E-state index is 16.1. The summed E-state index contributed by atoms with van der Waals surface area (Å²) in [5.74, 6) is -2.57. The number of rotatable bonds is 6. The van der Waals surface area contributed by atoms with E-state index in [-0.39, 0.29) is 26.5 Å². The van der Waals surface area contributed by atoms with Crippen molar-refractivity contribution in [2.45, 2.75) is 12.3 Å². The van der Waals surface area contributed by atoms with Crippen molar-refractivity contribution in [3.63, 3.8) is 0 Å². The molecule has 14 heteroatoms. The zero-order chi connectivity index (χ0) is 27.2. The lowest BCUT2D eigenvalue weighted by atomic mass is 9.92. The van der Waals surface area contributed by atoms with Crippen LogP contribution in [-0.2, 0) is 6.18 Å². The highest BCUT2D eigenvalue weighted by Crippen LogP contribution is 2.47. The van der Waals surface area contributed by atoms with Crippen LogP contribution in [-0.4, -0.2) is 48.6 Å². The lowest BCUT2D eigenvalue weighted by Gasteiger charge is -2.23. The Kier molecular flexibility index (Phi) is 6.78. The summed E-state index contributed by atoms with van der Waals surface area (Å²) in [6, 6.07) is 3.72. The SMILES string of the molecule is COc1nc(N(C)CC(F)CO)c2cc(C(F)(F)F)c(-c3ccc(F)c4sc(N)c(C#N)c34)c(F)c2n1. The molecule has 37 heavy (non-hydrogen) atoms. The summed E-state index contributed by atoms with van der Waals surface area (Å²) in [5.41, 5.74) is 2.07. The topological polar surface area (TPSA) is 108 Å². The minimum absolute atomic E-state index is 0.142. The van der Waals surface area contributed by atoms with E-state index in [1.54, 1.807) is 6.07 Å². The summed E-state index contributed by atoms with van der Waals surface area (Å²) in [7, 11) is 2.44. The Balaban J connectivity index is 2.16. The standard InChI is InChI=1S/C23H17F6N5O2S/c1-34(7-9(24)8-35)21-11-5-13(23(27,28)29)16(17(26)18(11)32-22(33-21)36-2)10-3-4-14(25)19-15(10)12(6-30)20(31)37-19/h3-5,9,35H,7-8,31H2,1-2H3. The highest BCUT2D eigenvalue weighted by atomic mass is 32.1. The van der Waals surface area contributed by atoms with Gasteiger partial charge >= 0.3 is 12.2 Å². The number of fused-ring (bicyclic) bond motifs is 2. The number of nitriles is 1. The van der Waals surface area contributed by atoms with Gasteiger partial charge in [0, 0.05) is 23.4 Å². The molecule has 3 N–H and O–H groups in total. The van der Waals surface area contributed by atoms with Crippen LogP contribution >= 0.6 is 11.3 Å². The van der Waals surface area contributed by atoms with Gasteiger partial charge in [-0.1, -0.05) is 6.07 Å². The van der Waals surface area contributed by atoms with Crippen molar-refractivity contribution in [1.29, 1.82) is 5.26 Å². The van der Waals surface area contributed by atoms with E-state index in [4.69, 9.17) is 15.6 Å². The number of ether oxygens (including phenoxy) is 1. The van der Waals surface area contributed by atoms with Gasteiger partial charge in [-0.25, -0.2) is 13.2 Å². The van der Waals surface area contributed by atoms with Gasteiger partial charge < -0.3 is 20.5 Å². The highest BCUT2D eigenvalue weighted by molar-refractivity contribution is 7.23. The molecule has 0 aliphatic carbocycles. The first-order valence-corrected chi connectivity index (χ1v) is 11.3. The van der Waals surface area contributed by atoms with Gasteiger partial charge in [0.05, 0.1) is 36.1 Å². The molecule has 2 heterocycles. The van der Waals surface area contributed by atoms with E-state index in [0.717, 1.165) is 24.1 Å². The van der Waals surface area contributed by atoms with Crippen LogP contribution in [0.25, 0.3) is 32.1 Å². The molecule has 0 aliphatic heterocycles. The average molecular weight is 541 g/mol. The van der Waals surface area contributed by atoms with E-state index < -0.39 is 70.7 Å². The Bertz CT molecular complexity index is 1570. The van der Waals surface area contributed by atoms with Gasteiger partial charge in [0.1, 0.15) is 34.4 Å². The Morgan fingerprint density at radius 3 is 2.57 bits per heavy atom. The van der Waals surface area contributed by atoms with E-state index in [2.05, 4.69) is 9.97 Å². The van der Waals surface area contributed by atoms with Crippen LogP contribution in [0.3, 0.4) is 0 Å². The number of nitrogens with two attached hydrogens (primary N) is 1. The van der Waals surface area contributed by atoms with Crippen molar-refractivity contribution in [3.8, 4) is 23.2 Å². The van der Waals surface area contributed by atoms with Crippen LogP contribution in [0.1, 0.15) is 11.1 Å². The second-order valence-corrected chi connectivity index (χ2v) is 9.01. The van der Waals surface area contributed by atoms with Crippen LogP contribution in [0.15, 0.2) is 18.2 Å². The smallest absolute Gasteiger partial charge is 0.417 e. The number of anilines is 2. The maximum absolute atomic E-state index is 16.1. The normalized spacial score (nSPS) is 12.6. The van der Waals surface area contributed by atoms with Gasteiger partial charge in [-0.2, -0.15) is 28.4 Å². The Hall–Kier alpha value is -3.83. The van der Waals surface area contributed by atoms with Crippen molar-refractivity contribution in [1.82, 2.24) is 9.97 Å². The number of aliphatic hydroxyl groups excluding tert-OH is 1. The van der Waals surface area contributed by atoms with Gasteiger partial charge in [0.2, 0.25) is 0 Å². The summed E-state index contributed by atoms with van der Waals surface area (Å²) in [5, 5.41) is 17.7. The second-order valence-electron chi connectivity index (χ2n) is 7.95. The summed E-state index contributed by atoms with van der Waals surface area (Å²) in [4.78, 5) is 8.95. The van der Waals surface area contributed by atoms with Crippen LogP contribution in [0.5, 0.6) is 6.01 Å². The van der Waals surface area contributed by atoms with E-state index in [1.807, 2.05) is 0 Å². The number of halogens is 6. The molecule has 2 aromatic carbocycles. The molecule has 4 aromatic rings. The van der Waals surface area contributed by atoms with E-state index in [1.165, 1.54) is 7.05 Å². The number of alkyl halides is 4. The molecule has 0 fully saturated rings. The van der Waals surface area contributed by atoms with E-state index >= 15 is 4.39 Å². The summed E-state index contributed by atoms with van der Waals surface area (Å²) >= 11 is 0.650. The number of hydrogen-bond acceptors (Lipinski definition) is 8. The number of hydrogen-bond donors (Lipinski definition) is 2. The van der Waals surface area contributed by atoms with Crippen molar-refractivity contribution >= 4 is 43.1 Å². The Morgan fingerprint density at radius 2 is 1.97 bits per heavy atom. The lowest BCUT2D eigenvalue weighted by Crippen LogP contribution is -2.29. The lowest BCUT2D eigenvalue weighted by molar-refractivity contribution is -0.137. The molecule has 7 nitrogen and oxygen atoms in total. The zero-order valence-electron chi connectivity index (χ0n) is 19.1. The largest absolute Gasteiger partial charge is 0.467 e. The molecule has 0 radical (unpaired) electrons. The minimum atomic E-state index is -5.12. The number of nitrogen functional groups attached to an aromatic ring is 1. The first-order valence-electron chi connectivity index (χ1n) is 10.4. The molecule has 0 spiro atoms. The van der Waals surface area contributed by atoms with Crippen LogP contribution in [0.4, 0.5) is 37.2 Å². The summed E-state index contributed by atoms with van der Waals surface area (Å²) in [6.07, 6.45) is -6.89. The third-order valence-corrected chi connectivity index (χ3v) is 6.64. The van der Waals surface area contributed by atoms with Gasteiger partial charge in [-0.3, -0.25) is 0 Å². The molecule has 0 amide bonds. The molecular formula is C23H17F6N5O2S.